The Bertz CT molecular complexity index is 402. The fourth-order valence-electron chi connectivity index (χ4n) is 2.57. The summed E-state index contributed by atoms with van der Waals surface area (Å²) in [5, 5.41) is 0. The van der Waals surface area contributed by atoms with Crippen LogP contribution in [-0.2, 0) is 5.41 Å². The van der Waals surface area contributed by atoms with E-state index in [0.29, 0.717) is 0 Å². The average molecular weight is 232 g/mol. The number of nitrogens with two attached hydrogens (primary N) is 1. The van der Waals surface area contributed by atoms with Crippen LogP contribution in [0.5, 0.6) is 0 Å². The molecule has 0 radical (unpaired) electrons. The molecule has 2 heteroatoms. The Hall–Kier alpha value is -1.02. The molecule has 2 rings (SSSR count). The van der Waals surface area contributed by atoms with Crippen LogP contribution in [0, 0.1) is 0 Å². The molecule has 1 unspecified atom stereocenters. The molecule has 1 heterocycles. The zero-order chi connectivity index (χ0) is 12.7. The molecule has 1 aliphatic rings. The molecular weight excluding hydrogens is 208 g/mol. The minimum atomic E-state index is -0.0367. The second kappa shape index (κ2) is 4.02. The molecule has 17 heavy (non-hydrogen) atoms. The average Bonchev–Trinajstić information content (AvgIpc) is 2.58. The summed E-state index contributed by atoms with van der Waals surface area (Å²) in [5.41, 5.74) is 9.14. The quantitative estimate of drug-likeness (QED) is 0.806. The van der Waals surface area contributed by atoms with Gasteiger partial charge >= 0.3 is 0 Å². The molecule has 1 atom stereocenters. The largest absolute Gasteiger partial charge is 0.369 e. The van der Waals surface area contributed by atoms with Crippen LogP contribution in [0.4, 0.5) is 5.69 Å². The zero-order valence-corrected chi connectivity index (χ0v) is 11.5. The summed E-state index contributed by atoms with van der Waals surface area (Å²) in [6.45, 7) is 11.0. The van der Waals surface area contributed by atoms with E-state index in [1.54, 1.807) is 0 Å². The molecule has 1 saturated heterocycles. The molecule has 0 aromatic heterocycles. The molecule has 0 bridgehead atoms. The Morgan fingerprint density at radius 2 is 1.88 bits per heavy atom. The molecule has 1 fully saturated rings. The molecule has 0 amide bonds. The normalized spacial score (nSPS) is 25.4. The number of benzene rings is 1. The van der Waals surface area contributed by atoms with Gasteiger partial charge in [0.25, 0.3) is 0 Å². The van der Waals surface area contributed by atoms with Crippen LogP contribution >= 0.6 is 0 Å². The van der Waals surface area contributed by atoms with Gasteiger partial charge in [0, 0.05) is 24.3 Å². The Labute approximate surface area is 105 Å². The molecule has 0 saturated carbocycles. The molecule has 0 aliphatic carbocycles. The fourth-order valence-corrected chi connectivity index (χ4v) is 2.57. The molecule has 94 valence electrons. The third-order valence-corrected chi connectivity index (χ3v) is 3.56. The minimum absolute atomic E-state index is 0.0367. The van der Waals surface area contributed by atoms with Crippen molar-refractivity contribution in [3.05, 3.63) is 29.8 Å². The van der Waals surface area contributed by atoms with Crippen molar-refractivity contribution in [1.29, 1.82) is 0 Å². The summed E-state index contributed by atoms with van der Waals surface area (Å²) in [5.74, 6) is 0. The minimum Gasteiger partial charge on any atom is -0.369 e. The SMILES string of the molecule is CC1(N)CCN(c2ccccc2C(C)(C)C)C1. The fraction of sp³-hybridized carbons (Fsp3) is 0.600. The molecule has 2 nitrogen and oxygen atoms in total. The highest BCUT2D eigenvalue weighted by Gasteiger charge is 2.32. The van der Waals surface area contributed by atoms with Gasteiger partial charge in [-0.1, -0.05) is 39.0 Å². The third-order valence-electron chi connectivity index (χ3n) is 3.56. The van der Waals surface area contributed by atoms with E-state index < -0.39 is 0 Å². The van der Waals surface area contributed by atoms with Crippen LogP contribution in [0.25, 0.3) is 0 Å². The van der Waals surface area contributed by atoms with Crippen LogP contribution in [0.3, 0.4) is 0 Å². The number of anilines is 1. The predicted molar refractivity (Wildman–Crippen MR) is 74.6 cm³/mol. The van der Waals surface area contributed by atoms with Gasteiger partial charge in [0.1, 0.15) is 0 Å². The Kier molecular flexibility index (Phi) is 2.94. The van der Waals surface area contributed by atoms with Gasteiger partial charge in [0.15, 0.2) is 0 Å². The standard InChI is InChI=1S/C15H24N2/c1-14(2,3)12-7-5-6-8-13(12)17-10-9-15(4,16)11-17/h5-8H,9-11,16H2,1-4H3. The summed E-state index contributed by atoms with van der Waals surface area (Å²) in [6, 6.07) is 8.71. The molecule has 2 N–H and O–H groups in total. The monoisotopic (exact) mass is 232 g/mol. The summed E-state index contributed by atoms with van der Waals surface area (Å²) < 4.78 is 0. The van der Waals surface area contributed by atoms with Crippen LogP contribution < -0.4 is 10.6 Å². The van der Waals surface area contributed by atoms with Crippen LogP contribution in [0.2, 0.25) is 0 Å². The highest BCUT2D eigenvalue weighted by molar-refractivity contribution is 5.57. The zero-order valence-electron chi connectivity index (χ0n) is 11.5. The highest BCUT2D eigenvalue weighted by atomic mass is 15.2. The molecule has 0 spiro atoms. The van der Waals surface area contributed by atoms with E-state index in [1.165, 1.54) is 11.3 Å². The maximum Gasteiger partial charge on any atom is 0.0404 e. The first-order chi connectivity index (χ1) is 7.80. The van der Waals surface area contributed by atoms with Crippen LogP contribution in [0.1, 0.15) is 39.7 Å². The van der Waals surface area contributed by atoms with E-state index in [0.717, 1.165) is 19.5 Å². The predicted octanol–water partition coefficient (Wildman–Crippen LogP) is 2.91. The number of para-hydroxylation sites is 1. The van der Waals surface area contributed by atoms with E-state index in [1.807, 2.05) is 0 Å². The topological polar surface area (TPSA) is 29.3 Å². The van der Waals surface area contributed by atoms with Crippen molar-refractivity contribution in [1.82, 2.24) is 0 Å². The van der Waals surface area contributed by atoms with Crippen LogP contribution in [0.15, 0.2) is 24.3 Å². The summed E-state index contributed by atoms with van der Waals surface area (Å²) in [6.07, 6.45) is 1.07. The highest BCUT2D eigenvalue weighted by Crippen LogP contribution is 2.34. The summed E-state index contributed by atoms with van der Waals surface area (Å²) >= 11 is 0. The number of hydrogen-bond donors (Lipinski definition) is 1. The van der Waals surface area contributed by atoms with Gasteiger partial charge in [-0.2, -0.15) is 0 Å². The van der Waals surface area contributed by atoms with Crippen molar-refractivity contribution in [3.63, 3.8) is 0 Å². The first kappa shape index (κ1) is 12.4. The van der Waals surface area contributed by atoms with Gasteiger partial charge < -0.3 is 10.6 Å². The second-order valence-corrected chi connectivity index (χ2v) is 6.59. The third kappa shape index (κ3) is 2.63. The van der Waals surface area contributed by atoms with E-state index in [9.17, 15) is 0 Å². The summed E-state index contributed by atoms with van der Waals surface area (Å²) in [4.78, 5) is 2.43. The molecule has 1 aromatic rings. The molecule has 1 aliphatic heterocycles. The van der Waals surface area contributed by atoms with Gasteiger partial charge in [0.2, 0.25) is 0 Å². The van der Waals surface area contributed by atoms with Crippen LogP contribution in [-0.4, -0.2) is 18.6 Å². The Morgan fingerprint density at radius 1 is 1.24 bits per heavy atom. The van der Waals surface area contributed by atoms with Gasteiger partial charge in [0.05, 0.1) is 0 Å². The van der Waals surface area contributed by atoms with Gasteiger partial charge in [-0.3, -0.25) is 0 Å². The first-order valence-electron chi connectivity index (χ1n) is 6.43. The van der Waals surface area contributed by atoms with E-state index in [4.69, 9.17) is 5.73 Å². The Balaban J connectivity index is 2.34. The van der Waals surface area contributed by atoms with Gasteiger partial charge in [-0.25, -0.2) is 0 Å². The van der Waals surface area contributed by atoms with Gasteiger partial charge in [-0.15, -0.1) is 0 Å². The van der Waals surface area contributed by atoms with Crippen molar-refractivity contribution in [2.45, 2.75) is 45.1 Å². The Morgan fingerprint density at radius 3 is 2.41 bits per heavy atom. The lowest BCUT2D eigenvalue weighted by atomic mass is 9.85. The smallest absolute Gasteiger partial charge is 0.0404 e. The number of nitrogens with zero attached hydrogens (tertiary/aromatic N) is 1. The van der Waals surface area contributed by atoms with E-state index in [-0.39, 0.29) is 11.0 Å². The van der Waals surface area contributed by atoms with Crippen molar-refractivity contribution in [2.75, 3.05) is 18.0 Å². The molecule has 1 aromatic carbocycles. The van der Waals surface area contributed by atoms with Crippen molar-refractivity contribution in [3.8, 4) is 0 Å². The van der Waals surface area contributed by atoms with Crippen molar-refractivity contribution < 1.29 is 0 Å². The van der Waals surface area contributed by atoms with E-state index in [2.05, 4.69) is 56.9 Å². The lowest BCUT2D eigenvalue weighted by molar-refractivity contribution is 0.524. The van der Waals surface area contributed by atoms with Crippen molar-refractivity contribution >= 4 is 5.69 Å². The maximum absolute atomic E-state index is 6.22. The molecular formula is C15H24N2. The second-order valence-electron chi connectivity index (χ2n) is 6.59. The maximum atomic E-state index is 6.22. The van der Waals surface area contributed by atoms with Gasteiger partial charge in [-0.05, 0) is 30.4 Å². The summed E-state index contributed by atoms with van der Waals surface area (Å²) in [7, 11) is 0. The lowest BCUT2D eigenvalue weighted by Gasteiger charge is -2.29. The number of hydrogen-bond acceptors (Lipinski definition) is 2. The lowest BCUT2D eigenvalue weighted by Crippen LogP contribution is -2.39. The van der Waals surface area contributed by atoms with E-state index >= 15 is 0 Å². The first-order valence-corrected chi connectivity index (χ1v) is 6.43. The number of rotatable bonds is 1. The van der Waals surface area contributed by atoms with Crippen molar-refractivity contribution in [2.24, 2.45) is 5.73 Å².